The summed E-state index contributed by atoms with van der Waals surface area (Å²) < 4.78 is 5.79. The molecule has 0 spiro atoms. The Hall–Kier alpha value is -1.55. The molecule has 0 saturated heterocycles. The molecular weight excluding hydrogens is 276 g/mol. The Balaban J connectivity index is 2.12. The van der Waals surface area contributed by atoms with Gasteiger partial charge in [-0.05, 0) is 45.2 Å². The maximum atomic E-state index is 13.0. The summed E-state index contributed by atoms with van der Waals surface area (Å²) in [5, 5.41) is 4.10. The van der Waals surface area contributed by atoms with E-state index in [4.69, 9.17) is 4.74 Å². The molecular formula is C18H28N2O2. The lowest BCUT2D eigenvalue weighted by Crippen LogP contribution is -2.53. The van der Waals surface area contributed by atoms with E-state index in [0.717, 1.165) is 30.7 Å². The van der Waals surface area contributed by atoms with E-state index in [9.17, 15) is 4.79 Å². The Morgan fingerprint density at radius 3 is 2.68 bits per heavy atom. The van der Waals surface area contributed by atoms with Crippen LogP contribution in [0.4, 0.5) is 0 Å². The van der Waals surface area contributed by atoms with Crippen molar-refractivity contribution in [1.82, 2.24) is 10.0 Å². The summed E-state index contributed by atoms with van der Waals surface area (Å²) in [6.45, 7) is 10.5. The number of hydrogen-bond acceptors (Lipinski definition) is 3. The van der Waals surface area contributed by atoms with Crippen LogP contribution in [0.1, 0.15) is 39.7 Å². The van der Waals surface area contributed by atoms with Crippen molar-refractivity contribution in [3.8, 4) is 5.75 Å². The SMILES string of the molecule is CCCN(C(C)C)N(CC)C(=O)C1COc2ccccc2C1. The minimum absolute atomic E-state index is 0.0899. The van der Waals surface area contributed by atoms with E-state index in [2.05, 4.69) is 31.8 Å². The highest BCUT2D eigenvalue weighted by Crippen LogP contribution is 2.28. The first-order chi connectivity index (χ1) is 10.6. The van der Waals surface area contributed by atoms with Crippen LogP contribution >= 0.6 is 0 Å². The molecule has 22 heavy (non-hydrogen) atoms. The van der Waals surface area contributed by atoms with Crippen molar-refractivity contribution in [2.24, 2.45) is 5.92 Å². The van der Waals surface area contributed by atoms with Gasteiger partial charge in [-0.1, -0.05) is 25.1 Å². The zero-order valence-corrected chi connectivity index (χ0v) is 14.2. The van der Waals surface area contributed by atoms with Gasteiger partial charge in [0.1, 0.15) is 12.4 Å². The van der Waals surface area contributed by atoms with Gasteiger partial charge in [-0.15, -0.1) is 0 Å². The number of fused-ring (bicyclic) bond motifs is 1. The molecule has 1 unspecified atom stereocenters. The lowest BCUT2D eigenvalue weighted by molar-refractivity contribution is -0.158. The van der Waals surface area contributed by atoms with Crippen LogP contribution in [0.3, 0.4) is 0 Å². The molecule has 1 amide bonds. The van der Waals surface area contributed by atoms with Crippen LogP contribution in [-0.2, 0) is 11.2 Å². The van der Waals surface area contributed by atoms with Gasteiger partial charge in [-0.25, -0.2) is 5.01 Å². The summed E-state index contributed by atoms with van der Waals surface area (Å²) in [6, 6.07) is 8.33. The summed E-state index contributed by atoms with van der Waals surface area (Å²) in [4.78, 5) is 13.0. The molecule has 0 fully saturated rings. The Labute approximate surface area is 134 Å². The van der Waals surface area contributed by atoms with Gasteiger partial charge in [0, 0.05) is 19.1 Å². The zero-order valence-electron chi connectivity index (χ0n) is 14.2. The van der Waals surface area contributed by atoms with Gasteiger partial charge in [0.2, 0.25) is 5.91 Å². The minimum atomic E-state index is -0.0899. The molecule has 1 aromatic rings. The lowest BCUT2D eigenvalue weighted by atomic mass is 9.96. The average Bonchev–Trinajstić information content (AvgIpc) is 2.53. The molecule has 1 aliphatic rings. The van der Waals surface area contributed by atoms with Crippen molar-refractivity contribution in [2.75, 3.05) is 19.7 Å². The molecule has 4 nitrogen and oxygen atoms in total. The molecule has 2 rings (SSSR count). The van der Waals surface area contributed by atoms with Crippen molar-refractivity contribution in [1.29, 1.82) is 0 Å². The molecule has 0 bridgehead atoms. The van der Waals surface area contributed by atoms with Crippen molar-refractivity contribution in [3.63, 3.8) is 0 Å². The fourth-order valence-electron chi connectivity index (χ4n) is 3.05. The first-order valence-corrected chi connectivity index (χ1v) is 8.37. The number of rotatable bonds is 6. The molecule has 1 aliphatic heterocycles. The van der Waals surface area contributed by atoms with Crippen LogP contribution in [0.25, 0.3) is 0 Å². The second-order valence-corrected chi connectivity index (χ2v) is 6.13. The molecule has 0 N–H and O–H groups in total. The third-order valence-electron chi connectivity index (χ3n) is 4.14. The van der Waals surface area contributed by atoms with Gasteiger partial charge in [0.25, 0.3) is 0 Å². The number of hydrogen-bond donors (Lipinski definition) is 0. The molecule has 1 heterocycles. The fourth-order valence-corrected chi connectivity index (χ4v) is 3.05. The van der Waals surface area contributed by atoms with Crippen molar-refractivity contribution >= 4 is 5.91 Å². The van der Waals surface area contributed by atoms with Crippen molar-refractivity contribution < 1.29 is 9.53 Å². The highest BCUT2D eigenvalue weighted by atomic mass is 16.5. The van der Waals surface area contributed by atoms with Gasteiger partial charge < -0.3 is 4.74 Å². The van der Waals surface area contributed by atoms with Gasteiger partial charge >= 0.3 is 0 Å². The van der Waals surface area contributed by atoms with Crippen molar-refractivity contribution in [2.45, 2.75) is 46.6 Å². The fraction of sp³-hybridized carbons (Fsp3) is 0.611. The number of benzene rings is 1. The highest BCUT2D eigenvalue weighted by molar-refractivity contribution is 5.79. The second-order valence-electron chi connectivity index (χ2n) is 6.13. The maximum absolute atomic E-state index is 13.0. The lowest BCUT2D eigenvalue weighted by Gasteiger charge is -2.39. The standard InChI is InChI=1S/C18H28N2O2/c1-5-11-20(14(3)4)19(6-2)18(21)16-12-15-9-7-8-10-17(15)22-13-16/h7-10,14,16H,5-6,11-13H2,1-4H3. The smallest absolute Gasteiger partial charge is 0.243 e. The Morgan fingerprint density at radius 1 is 1.32 bits per heavy atom. The number of nitrogens with zero attached hydrogens (tertiary/aromatic N) is 2. The first kappa shape index (κ1) is 16.8. The molecule has 4 heteroatoms. The van der Waals surface area contributed by atoms with Crippen LogP contribution in [0.2, 0.25) is 0 Å². The Morgan fingerprint density at radius 2 is 2.05 bits per heavy atom. The number of amides is 1. The number of carbonyl (C=O) groups is 1. The number of para-hydroxylation sites is 1. The van der Waals surface area contributed by atoms with Gasteiger partial charge in [-0.2, -0.15) is 0 Å². The molecule has 0 radical (unpaired) electrons. The van der Waals surface area contributed by atoms with E-state index < -0.39 is 0 Å². The van der Waals surface area contributed by atoms with Gasteiger partial charge in [-0.3, -0.25) is 9.80 Å². The monoisotopic (exact) mass is 304 g/mol. The topological polar surface area (TPSA) is 32.8 Å². The summed E-state index contributed by atoms with van der Waals surface area (Å²) in [6.07, 6.45) is 1.80. The molecule has 122 valence electrons. The first-order valence-electron chi connectivity index (χ1n) is 8.37. The second kappa shape index (κ2) is 7.63. The Kier molecular flexibility index (Phi) is 5.83. The largest absolute Gasteiger partial charge is 0.492 e. The average molecular weight is 304 g/mol. The summed E-state index contributed by atoms with van der Waals surface area (Å²) >= 11 is 0. The molecule has 1 atom stereocenters. The predicted octanol–water partition coefficient (Wildman–Crippen LogP) is 3.12. The third kappa shape index (κ3) is 3.61. The maximum Gasteiger partial charge on any atom is 0.243 e. The van der Waals surface area contributed by atoms with E-state index in [1.165, 1.54) is 0 Å². The van der Waals surface area contributed by atoms with Crippen LogP contribution in [0.5, 0.6) is 5.75 Å². The van der Waals surface area contributed by atoms with Gasteiger partial charge in [0.15, 0.2) is 0 Å². The molecule has 1 aromatic carbocycles. The van der Waals surface area contributed by atoms with E-state index in [0.29, 0.717) is 19.2 Å². The predicted molar refractivity (Wildman–Crippen MR) is 88.7 cm³/mol. The normalized spacial score (nSPS) is 17.3. The quantitative estimate of drug-likeness (QED) is 0.757. The zero-order chi connectivity index (χ0) is 16.1. The summed E-state index contributed by atoms with van der Waals surface area (Å²) in [7, 11) is 0. The summed E-state index contributed by atoms with van der Waals surface area (Å²) in [5.41, 5.74) is 1.13. The van der Waals surface area contributed by atoms with Crippen molar-refractivity contribution in [3.05, 3.63) is 29.8 Å². The number of carbonyl (C=O) groups excluding carboxylic acids is 1. The highest BCUT2D eigenvalue weighted by Gasteiger charge is 2.32. The van der Waals surface area contributed by atoms with E-state index >= 15 is 0 Å². The molecule has 0 aromatic heterocycles. The van der Waals surface area contributed by atoms with E-state index in [-0.39, 0.29) is 11.8 Å². The van der Waals surface area contributed by atoms with Crippen LogP contribution < -0.4 is 4.74 Å². The Bertz CT molecular complexity index is 502. The van der Waals surface area contributed by atoms with Gasteiger partial charge in [0.05, 0.1) is 5.92 Å². The third-order valence-corrected chi connectivity index (χ3v) is 4.14. The molecule has 0 aliphatic carbocycles. The number of ether oxygens (including phenoxy) is 1. The minimum Gasteiger partial charge on any atom is -0.492 e. The van der Waals surface area contributed by atoms with E-state index in [1.54, 1.807) is 0 Å². The number of hydrazine groups is 1. The van der Waals surface area contributed by atoms with Crippen LogP contribution in [0, 0.1) is 5.92 Å². The van der Waals surface area contributed by atoms with Crippen LogP contribution in [0.15, 0.2) is 24.3 Å². The summed E-state index contributed by atoms with van der Waals surface area (Å²) in [5.74, 6) is 1.01. The van der Waals surface area contributed by atoms with E-state index in [1.807, 2.05) is 30.1 Å². The molecule has 0 saturated carbocycles. The van der Waals surface area contributed by atoms with Crippen LogP contribution in [-0.4, -0.2) is 41.7 Å².